The van der Waals surface area contributed by atoms with Gasteiger partial charge in [0.05, 0.1) is 6.10 Å². The monoisotopic (exact) mass is 296 g/mol. The summed E-state index contributed by atoms with van der Waals surface area (Å²) in [4.78, 5) is 23.5. The SMILES string of the molecule is CC(NC(=O)C(NO)C(C)O)C(=O)OCc1ccccc1. The second-order valence-corrected chi connectivity index (χ2v) is 4.67. The lowest BCUT2D eigenvalue weighted by Crippen LogP contribution is -2.53. The van der Waals surface area contributed by atoms with Crippen molar-refractivity contribution in [1.82, 2.24) is 10.8 Å². The Balaban J connectivity index is 2.45. The molecule has 0 aromatic heterocycles. The smallest absolute Gasteiger partial charge is 0.328 e. The van der Waals surface area contributed by atoms with E-state index in [2.05, 4.69) is 5.32 Å². The van der Waals surface area contributed by atoms with Crippen molar-refractivity contribution >= 4 is 11.9 Å². The molecule has 0 bridgehead atoms. The molecule has 1 amide bonds. The molecule has 7 heteroatoms. The summed E-state index contributed by atoms with van der Waals surface area (Å²) in [6.45, 7) is 2.91. The standard InChI is InChI=1S/C14H20N2O5/c1-9(15-13(18)12(16-20)10(2)17)14(19)21-8-11-6-4-3-5-7-11/h3-7,9-10,12,16-17,20H,8H2,1-2H3,(H,15,18). The Morgan fingerprint density at radius 1 is 1.24 bits per heavy atom. The van der Waals surface area contributed by atoms with Gasteiger partial charge < -0.3 is 20.4 Å². The van der Waals surface area contributed by atoms with Gasteiger partial charge in [0.2, 0.25) is 5.91 Å². The fourth-order valence-corrected chi connectivity index (χ4v) is 1.60. The number of amides is 1. The molecular weight excluding hydrogens is 276 g/mol. The number of ether oxygens (including phenoxy) is 1. The molecule has 0 fully saturated rings. The number of carbonyl (C=O) groups is 2. The predicted molar refractivity (Wildman–Crippen MR) is 74.2 cm³/mol. The second kappa shape index (κ2) is 8.35. The van der Waals surface area contributed by atoms with Gasteiger partial charge in [0, 0.05) is 0 Å². The van der Waals surface area contributed by atoms with Gasteiger partial charge in [0.15, 0.2) is 0 Å². The molecule has 0 spiro atoms. The van der Waals surface area contributed by atoms with Gasteiger partial charge in [-0.05, 0) is 19.4 Å². The van der Waals surface area contributed by atoms with Crippen LogP contribution in [0.1, 0.15) is 19.4 Å². The highest BCUT2D eigenvalue weighted by atomic mass is 16.5. The van der Waals surface area contributed by atoms with Crippen LogP contribution in [0, 0.1) is 0 Å². The molecule has 4 N–H and O–H groups in total. The highest BCUT2D eigenvalue weighted by molar-refractivity contribution is 5.87. The Labute approximate surface area is 122 Å². The van der Waals surface area contributed by atoms with Crippen molar-refractivity contribution in [2.24, 2.45) is 0 Å². The fourth-order valence-electron chi connectivity index (χ4n) is 1.60. The van der Waals surface area contributed by atoms with E-state index in [1.165, 1.54) is 13.8 Å². The molecule has 0 radical (unpaired) electrons. The third kappa shape index (κ3) is 5.50. The van der Waals surface area contributed by atoms with E-state index in [0.29, 0.717) is 0 Å². The molecule has 116 valence electrons. The van der Waals surface area contributed by atoms with E-state index in [-0.39, 0.29) is 6.61 Å². The number of aliphatic hydroxyl groups excluding tert-OH is 1. The molecule has 3 atom stereocenters. The minimum absolute atomic E-state index is 0.109. The first-order valence-corrected chi connectivity index (χ1v) is 6.54. The van der Waals surface area contributed by atoms with Crippen LogP contribution in [0.2, 0.25) is 0 Å². The van der Waals surface area contributed by atoms with Gasteiger partial charge in [-0.3, -0.25) is 4.79 Å². The number of hydroxylamine groups is 1. The molecule has 21 heavy (non-hydrogen) atoms. The Kier molecular flexibility index (Phi) is 6.80. The van der Waals surface area contributed by atoms with Crippen LogP contribution in [0.5, 0.6) is 0 Å². The quantitative estimate of drug-likeness (QED) is 0.415. The number of carbonyl (C=O) groups excluding carboxylic acids is 2. The molecular formula is C14H20N2O5. The summed E-state index contributed by atoms with van der Waals surface area (Å²) in [5.74, 6) is -1.30. The third-order valence-corrected chi connectivity index (χ3v) is 2.84. The van der Waals surface area contributed by atoms with Gasteiger partial charge in [-0.25, -0.2) is 4.79 Å². The number of hydrogen-bond donors (Lipinski definition) is 4. The topological polar surface area (TPSA) is 108 Å². The summed E-state index contributed by atoms with van der Waals surface area (Å²) in [5.41, 5.74) is 2.53. The molecule has 1 aromatic carbocycles. The van der Waals surface area contributed by atoms with Crippen molar-refractivity contribution < 1.29 is 24.6 Å². The molecule has 1 rings (SSSR count). The third-order valence-electron chi connectivity index (χ3n) is 2.84. The number of benzene rings is 1. The van der Waals surface area contributed by atoms with Crippen LogP contribution in [-0.2, 0) is 20.9 Å². The van der Waals surface area contributed by atoms with Gasteiger partial charge >= 0.3 is 5.97 Å². The predicted octanol–water partition coefficient (Wildman–Crippen LogP) is -0.0373. The van der Waals surface area contributed by atoms with Crippen LogP contribution in [0.15, 0.2) is 30.3 Å². The van der Waals surface area contributed by atoms with E-state index >= 15 is 0 Å². The molecule has 0 heterocycles. The maximum atomic E-state index is 11.8. The van der Waals surface area contributed by atoms with Crippen LogP contribution < -0.4 is 10.8 Å². The van der Waals surface area contributed by atoms with Crippen LogP contribution in [0.25, 0.3) is 0 Å². The second-order valence-electron chi connectivity index (χ2n) is 4.67. The Morgan fingerprint density at radius 3 is 2.38 bits per heavy atom. The minimum Gasteiger partial charge on any atom is -0.459 e. The number of hydrogen-bond acceptors (Lipinski definition) is 6. The molecule has 7 nitrogen and oxygen atoms in total. The first-order valence-electron chi connectivity index (χ1n) is 6.54. The van der Waals surface area contributed by atoms with Crippen molar-refractivity contribution in [2.45, 2.75) is 38.6 Å². The zero-order valence-corrected chi connectivity index (χ0v) is 11.9. The highest BCUT2D eigenvalue weighted by Crippen LogP contribution is 2.02. The number of esters is 1. The van der Waals surface area contributed by atoms with Gasteiger partial charge in [-0.15, -0.1) is 0 Å². The summed E-state index contributed by atoms with van der Waals surface area (Å²) in [5, 5.41) is 20.4. The van der Waals surface area contributed by atoms with Gasteiger partial charge in [0.1, 0.15) is 18.7 Å². The van der Waals surface area contributed by atoms with E-state index in [1.54, 1.807) is 5.48 Å². The maximum Gasteiger partial charge on any atom is 0.328 e. The van der Waals surface area contributed by atoms with E-state index < -0.39 is 30.1 Å². The summed E-state index contributed by atoms with van der Waals surface area (Å²) in [7, 11) is 0. The summed E-state index contributed by atoms with van der Waals surface area (Å²) < 4.78 is 5.07. The van der Waals surface area contributed by atoms with E-state index in [0.717, 1.165) is 5.56 Å². The van der Waals surface area contributed by atoms with Crippen LogP contribution in [0.4, 0.5) is 0 Å². The molecule has 0 aliphatic rings. The van der Waals surface area contributed by atoms with Gasteiger partial charge in [-0.2, -0.15) is 5.48 Å². The Bertz CT molecular complexity index is 464. The average Bonchev–Trinajstić information content (AvgIpc) is 2.46. The average molecular weight is 296 g/mol. The lowest BCUT2D eigenvalue weighted by molar-refractivity contribution is -0.149. The van der Waals surface area contributed by atoms with Crippen LogP contribution in [-0.4, -0.2) is 40.4 Å². The largest absolute Gasteiger partial charge is 0.459 e. The van der Waals surface area contributed by atoms with Crippen molar-refractivity contribution in [3.8, 4) is 0 Å². The van der Waals surface area contributed by atoms with Gasteiger partial charge in [0.25, 0.3) is 0 Å². The lowest BCUT2D eigenvalue weighted by atomic mass is 10.1. The fraction of sp³-hybridized carbons (Fsp3) is 0.429. The minimum atomic E-state index is -1.21. The van der Waals surface area contributed by atoms with Crippen molar-refractivity contribution in [2.75, 3.05) is 0 Å². The summed E-state index contributed by atoms with van der Waals surface area (Å²) in [6, 6.07) is 7.03. The summed E-state index contributed by atoms with van der Waals surface area (Å²) in [6.07, 6.45) is -1.11. The van der Waals surface area contributed by atoms with E-state index in [9.17, 15) is 14.7 Å². The van der Waals surface area contributed by atoms with E-state index in [1.807, 2.05) is 30.3 Å². The Morgan fingerprint density at radius 2 is 1.86 bits per heavy atom. The molecule has 0 saturated heterocycles. The van der Waals surface area contributed by atoms with Crippen molar-refractivity contribution in [1.29, 1.82) is 0 Å². The number of nitrogens with one attached hydrogen (secondary N) is 2. The first kappa shape index (κ1) is 17.1. The van der Waals surface area contributed by atoms with E-state index in [4.69, 9.17) is 9.94 Å². The molecule has 3 unspecified atom stereocenters. The summed E-state index contributed by atoms with van der Waals surface area (Å²) >= 11 is 0. The van der Waals surface area contributed by atoms with Crippen molar-refractivity contribution in [3.63, 3.8) is 0 Å². The Hall–Kier alpha value is -1.96. The van der Waals surface area contributed by atoms with Crippen LogP contribution >= 0.6 is 0 Å². The highest BCUT2D eigenvalue weighted by Gasteiger charge is 2.26. The molecule has 0 saturated carbocycles. The first-order chi connectivity index (χ1) is 9.95. The van der Waals surface area contributed by atoms with Crippen LogP contribution in [0.3, 0.4) is 0 Å². The molecule has 1 aromatic rings. The number of rotatable bonds is 7. The normalized spacial score (nSPS) is 14.9. The molecule has 0 aliphatic heterocycles. The number of aliphatic hydroxyl groups is 1. The zero-order valence-electron chi connectivity index (χ0n) is 11.9. The van der Waals surface area contributed by atoms with Gasteiger partial charge in [-0.1, -0.05) is 30.3 Å². The maximum absolute atomic E-state index is 11.8. The molecule has 0 aliphatic carbocycles. The zero-order chi connectivity index (χ0) is 15.8. The lowest BCUT2D eigenvalue weighted by Gasteiger charge is -2.20. The van der Waals surface area contributed by atoms with Crippen molar-refractivity contribution in [3.05, 3.63) is 35.9 Å².